The molecule has 4 rings (SSSR count). The summed E-state index contributed by atoms with van der Waals surface area (Å²) in [6.07, 6.45) is 8.19. The van der Waals surface area contributed by atoms with Crippen molar-refractivity contribution in [3.05, 3.63) is 42.0 Å². The van der Waals surface area contributed by atoms with Crippen LogP contribution in [0.1, 0.15) is 47.8 Å². The van der Waals surface area contributed by atoms with E-state index in [0.29, 0.717) is 11.7 Å². The predicted octanol–water partition coefficient (Wildman–Crippen LogP) is 3.26. The molecule has 0 atom stereocenters. The zero-order valence-electron chi connectivity index (χ0n) is 12.0. The predicted molar refractivity (Wildman–Crippen MR) is 80.1 cm³/mol. The molecule has 0 bridgehead atoms. The Hall–Kier alpha value is -2.43. The molecule has 2 aliphatic carbocycles. The van der Waals surface area contributed by atoms with Gasteiger partial charge in [0.1, 0.15) is 11.6 Å². The van der Waals surface area contributed by atoms with Gasteiger partial charge in [-0.15, -0.1) is 0 Å². The molecule has 1 aromatic carbocycles. The molecule has 0 amide bonds. The van der Waals surface area contributed by atoms with Crippen LogP contribution in [-0.2, 0) is 0 Å². The van der Waals surface area contributed by atoms with Crippen LogP contribution in [0, 0.1) is 0 Å². The third-order valence-electron chi connectivity index (χ3n) is 3.97. The van der Waals surface area contributed by atoms with E-state index in [1.165, 1.54) is 12.8 Å². The summed E-state index contributed by atoms with van der Waals surface area (Å²) in [5.74, 6) is 1.07. The van der Waals surface area contributed by atoms with E-state index in [-0.39, 0.29) is 11.7 Å². The van der Waals surface area contributed by atoms with E-state index in [2.05, 4.69) is 9.97 Å². The average molecular weight is 296 g/mol. The minimum atomic E-state index is -0.951. The first-order valence-electron chi connectivity index (χ1n) is 7.57. The van der Waals surface area contributed by atoms with E-state index < -0.39 is 5.97 Å². The highest BCUT2D eigenvalue weighted by molar-refractivity contribution is 5.89. The van der Waals surface area contributed by atoms with Gasteiger partial charge in [-0.25, -0.2) is 14.8 Å². The molecule has 22 heavy (non-hydrogen) atoms. The van der Waals surface area contributed by atoms with Crippen LogP contribution >= 0.6 is 0 Å². The van der Waals surface area contributed by atoms with Gasteiger partial charge in [0.05, 0.1) is 11.7 Å². The highest BCUT2D eigenvalue weighted by atomic mass is 16.5. The largest absolute Gasteiger partial charge is 0.490 e. The summed E-state index contributed by atoms with van der Waals surface area (Å²) >= 11 is 0. The van der Waals surface area contributed by atoms with Crippen molar-refractivity contribution in [2.75, 3.05) is 0 Å². The van der Waals surface area contributed by atoms with Crippen LogP contribution in [0.2, 0.25) is 0 Å². The van der Waals surface area contributed by atoms with Crippen molar-refractivity contribution in [1.29, 1.82) is 0 Å². The molecule has 1 heterocycles. The molecular weight excluding hydrogens is 280 g/mol. The van der Waals surface area contributed by atoms with Crippen molar-refractivity contribution >= 4 is 5.97 Å². The van der Waals surface area contributed by atoms with Gasteiger partial charge in [0.2, 0.25) is 0 Å². The molecule has 2 aliphatic rings. The lowest BCUT2D eigenvalue weighted by molar-refractivity contribution is 0.0696. The van der Waals surface area contributed by atoms with E-state index in [4.69, 9.17) is 9.84 Å². The number of carboxylic acids is 1. The van der Waals surface area contributed by atoms with Crippen molar-refractivity contribution in [2.45, 2.75) is 37.7 Å². The third kappa shape index (κ3) is 2.66. The number of ether oxygens (including phenoxy) is 1. The summed E-state index contributed by atoms with van der Waals surface area (Å²) in [5, 5.41) is 9.14. The van der Waals surface area contributed by atoms with Gasteiger partial charge >= 0.3 is 5.97 Å². The first kappa shape index (κ1) is 13.2. The summed E-state index contributed by atoms with van der Waals surface area (Å²) < 4.78 is 5.87. The number of nitrogens with zero attached hydrogens (tertiary/aromatic N) is 2. The molecule has 2 fully saturated rings. The number of rotatable bonds is 5. The van der Waals surface area contributed by atoms with Gasteiger partial charge in [0.15, 0.2) is 0 Å². The topological polar surface area (TPSA) is 72.3 Å². The van der Waals surface area contributed by atoms with E-state index in [1.54, 1.807) is 30.6 Å². The number of aromatic carboxylic acids is 1. The normalized spacial score (nSPS) is 17.3. The summed E-state index contributed by atoms with van der Waals surface area (Å²) in [6, 6.07) is 4.95. The van der Waals surface area contributed by atoms with Crippen molar-refractivity contribution in [2.24, 2.45) is 0 Å². The SMILES string of the molecule is O=C(O)c1ccc(-c2cnc(C3CC3)nc2)c(OC2CC2)c1. The van der Waals surface area contributed by atoms with Gasteiger partial charge in [0, 0.05) is 29.4 Å². The van der Waals surface area contributed by atoms with Crippen LogP contribution in [0.15, 0.2) is 30.6 Å². The monoisotopic (exact) mass is 296 g/mol. The van der Waals surface area contributed by atoms with Crippen molar-refractivity contribution in [3.8, 4) is 16.9 Å². The molecule has 2 saturated carbocycles. The maximum atomic E-state index is 11.1. The quantitative estimate of drug-likeness (QED) is 0.916. The van der Waals surface area contributed by atoms with Gasteiger partial charge in [-0.1, -0.05) is 0 Å². The second kappa shape index (κ2) is 5.09. The van der Waals surface area contributed by atoms with Gasteiger partial charge in [-0.05, 0) is 43.9 Å². The number of hydrogen-bond donors (Lipinski definition) is 1. The Labute approximate surface area is 128 Å². The first-order valence-corrected chi connectivity index (χ1v) is 7.57. The van der Waals surface area contributed by atoms with E-state index in [0.717, 1.165) is 29.8 Å². The van der Waals surface area contributed by atoms with Crippen LogP contribution < -0.4 is 4.74 Å². The average Bonchev–Trinajstić information content (AvgIpc) is 3.41. The van der Waals surface area contributed by atoms with Crippen LogP contribution in [0.5, 0.6) is 5.75 Å². The lowest BCUT2D eigenvalue weighted by atomic mass is 10.1. The van der Waals surface area contributed by atoms with Crippen LogP contribution in [0.3, 0.4) is 0 Å². The van der Waals surface area contributed by atoms with Gasteiger partial charge in [0.25, 0.3) is 0 Å². The van der Waals surface area contributed by atoms with Crippen molar-refractivity contribution in [3.63, 3.8) is 0 Å². The molecule has 0 spiro atoms. The van der Waals surface area contributed by atoms with Crippen molar-refractivity contribution in [1.82, 2.24) is 9.97 Å². The summed E-state index contributed by atoms with van der Waals surface area (Å²) in [4.78, 5) is 20.0. The molecule has 0 unspecified atom stereocenters. The molecule has 112 valence electrons. The van der Waals surface area contributed by atoms with Gasteiger partial charge in [-0.2, -0.15) is 0 Å². The molecular formula is C17H16N2O3. The van der Waals surface area contributed by atoms with Crippen LogP contribution in [-0.4, -0.2) is 27.1 Å². The number of carboxylic acid groups (broad SMARTS) is 1. The fourth-order valence-corrected chi connectivity index (χ4v) is 2.39. The highest BCUT2D eigenvalue weighted by Gasteiger charge is 2.27. The number of hydrogen-bond acceptors (Lipinski definition) is 4. The Kier molecular flexibility index (Phi) is 3.06. The molecule has 2 aromatic rings. The maximum Gasteiger partial charge on any atom is 0.335 e. The minimum absolute atomic E-state index is 0.203. The Morgan fingerprint density at radius 2 is 1.86 bits per heavy atom. The zero-order valence-corrected chi connectivity index (χ0v) is 12.0. The highest BCUT2D eigenvalue weighted by Crippen LogP contribution is 2.39. The smallest absolute Gasteiger partial charge is 0.335 e. The summed E-state index contributed by atoms with van der Waals surface area (Å²) in [6.45, 7) is 0. The second-order valence-electron chi connectivity index (χ2n) is 5.94. The van der Waals surface area contributed by atoms with E-state index in [9.17, 15) is 4.79 Å². The number of benzene rings is 1. The lowest BCUT2D eigenvalue weighted by Gasteiger charge is -2.12. The maximum absolute atomic E-state index is 11.1. The fourth-order valence-electron chi connectivity index (χ4n) is 2.39. The number of aromatic nitrogens is 2. The second-order valence-corrected chi connectivity index (χ2v) is 5.94. The van der Waals surface area contributed by atoms with Crippen LogP contribution in [0.4, 0.5) is 0 Å². The fraction of sp³-hybridized carbons (Fsp3) is 0.353. The Morgan fingerprint density at radius 3 is 2.45 bits per heavy atom. The van der Waals surface area contributed by atoms with E-state index >= 15 is 0 Å². The molecule has 5 nitrogen and oxygen atoms in total. The van der Waals surface area contributed by atoms with Crippen molar-refractivity contribution < 1.29 is 14.6 Å². The first-order chi connectivity index (χ1) is 10.7. The molecule has 0 radical (unpaired) electrons. The zero-order chi connectivity index (χ0) is 15.1. The van der Waals surface area contributed by atoms with Crippen LogP contribution in [0.25, 0.3) is 11.1 Å². The Morgan fingerprint density at radius 1 is 1.14 bits per heavy atom. The number of carbonyl (C=O) groups is 1. The minimum Gasteiger partial charge on any atom is -0.490 e. The van der Waals surface area contributed by atoms with Gasteiger partial charge in [-0.3, -0.25) is 0 Å². The van der Waals surface area contributed by atoms with E-state index in [1.807, 2.05) is 0 Å². The molecule has 0 saturated heterocycles. The standard InChI is InChI=1S/C17H16N2O3/c20-17(21)11-3-6-14(15(7-11)22-13-4-5-13)12-8-18-16(19-9-12)10-1-2-10/h3,6-10,13H,1-2,4-5H2,(H,20,21). The summed E-state index contributed by atoms with van der Waals surface area (Å²) in [7, 11) is 0. The lowest BCUT2D eigenvalue weighted by Crippen LogP contribution is -2.02. The van der Waals surface area contributed by atoms with Gasteiger partial charge < -0.3 is 9.84 Å². The molecule has 1 aromatic heterocycles. The third-order valence-corrected chi connectivity index (χ3v) is 3.97. The molecule has 1 N–H and O–H groups in total. The molecule has 5 heteroatoms. The Bertz CT molecular complexity index is 719. The molecule has 0 aliphatic heterocycles. The Balaban J connectivity index is 1.70. The summed E-state index contributed by atoms with van der Waals surface area (Å²) in [5.41, 5.74) is 1.94.